The van der Waals surface area contributed by atoms with Crippen LogP contribution in [-0.4, -0.2) is 5.75 Å². The second kappa shape index (κ2) is 19.2. The van der Waals surface area contributed by atoms with Crippen molar-refractivity contribution in [2.75, 3.05) is 5.75 Å². The highest BCUT2D eigenvalue weighted by molar-refractivity contribution is 8.03. The number of thioether (sulfide) groups is 1. The number of rotatable bonds is 5. The molecule has 0 rings (SSSR count). The highest BCUT2D eigenvalue weighted by atomic mass is 32.2. The molecule has 0 radical (unpaired) electrons. The van der Waals surface area contributed by atoms with Gasteiger partial charge in [0, 0.05) is 5.75 Å². The van der Waals surface area contributed by atoms with E-state index in [2.05, 4.69) is 45.2 Å². The Kier molecular flexibility index (Phi) is 24.1. The summed E-state index contributed by atoms with van der Waals surface area (Å²) in [6.45, 7) is 17.6. The van der Waals surface area contributed by atoms with Crippen LogP contribution in [-0.2, 0) is 0 Å². The van der Waals surface area contributed by atoms with Gasteiger partial charge >= 0.3 is 0 Å². The molecule has 0 bridgehead atoms. The SMILES string of the molecule is C#C.C=C.C=C(C)/C=C\CSC(=C)/C=C\C. The molecule has 0 aromatic rings. The quantitative estimate of drug-likeness (QED) is 0.367. The topological polar surface area (TPSA) is 0 Å². The van der Waals surface area contributed by atoms with Crippen molar-refractivity contribution in [3.05, 3.63) is 61.1 Å². The molecule has 0 amide bonds. The second-order valence-electron chi connectivity index (χ2n) is 2.53. The average Bonchev–Trinajstić information content (AvgIpc) is 2.30. The lowest BCUT2D eigenvalue weighted by Crippen LogP contribution is -1.72. The summed E-state index contributed by atoms with van der Waals surface area (Å²) in [5, 5.41) is 0. The first-order chi connectivity index (χ1) is 7.66. The van der Waals surface area contributed by atoms with E-state index in [1.807, 2.05) is 32.1 Å². The van der Waals surface area contributed by atoms with Gasteiger partial charge in [-0.05, 0) is 18.8 Å². The van der Waals surface area contributed by atoms with E-state index >= 15 is 0 Å². The van der Waals surface area contributed by atoms with Crippen LogP contribution in [0.5, 0.6) is 0 Å². The molecule has 0 aliphatic carbocycles. The van der Waals surface area contributed by atoms with Crippen molar-refractivity contribution in [1.29, 1.82) is 0 Å². The Morgan fingerprint density at radius 3 is 2.06 bits per heavy atom. The fourth-order valence-corrected chi connectivity index (χ4v) is 1.28. The lowest BCUT2D eigenvalue weighted by Gasteiger charge is -1.94. The molecule has 0 N–H and O–H groups in total. The van der Waals surface area contributed by atoms with Crippen LogP contribution < -0.4 is 0 Å². The third-order valence-electron chi connectivity index (χ3n) is 1.12. The molecule has 0 aromatic heterocycles. The third-order valence-corrected chi connectivity index (χ3v) is 1.99. The van der Waals surface area contributed by atoms with Crippen LogP contribution in [0.15, 0.2) is 61.1 Å². The van der Waals surface area contributed by atoms with Crippen molar-refractivity contribution >= 4 is 11.8 Å². The molecule has 0 aliphatic rings. The molecular weight excluding hydrogens is 212 g/mol. The lowest BCUT2D eigenvalue weighted by atomic mass is 10.3. The summed E-state index contributed by atoms with van der Waals surface area (Å²) in [7, 11) is 0. The van der Waals surface area contributed by atoms with E-state index < -0.39 is 0 Å². The van der Waals surface area contributed by atoms with Crippen molar-refractivity contribution in [3.63, 3.8) is 0 Å². The molecule has 0 heterocycles. The zero-order chi connectivity index (χ0) is 13.4. The minimum absolute atomic E-state index is 0.968. The van der Waals surface area contributed by atoms with E-state index in [9.17, 15) is 0 Å². The smallest absolute Gasteiger partial charge is 0.0163 e. The van der Waals surface area contributed by atoms with E-state index in [1.54, 1.807) is 11.8 Å². The Hall–Kier alpha value is -1.39. The Bertz CT molecular complexity index is 254. The van der Waals surface area contributed by atoms with Crippen LogP contribution in [0, 0.1) is 12.8 Å². The van der Waals surface area contributed by atoms with E-state index in [4.69, 9.17) is 0 Å². The molecule has 1 heteroatoms. The van der Waals surface area contributed by atoms with E-state index in [-0.39, 0.29) is 0 Å². The molecule has 0 fully saturated rings. The molecule has 0 spiro atoms. The van der Waals surface area contributed by atoms with Gasteiger partial charge < -0.3 is 0 Å². The summed E-state index contributed by atoms with van der Waals surface area (Å²) in [6, 6.07) is 0. The minimum Gasteiger partial charge on any atom is -0.124 e. The Morgan fingerprint density at radius 2 is 1.69 bits per heavy atom. The Morgan fingerprint density at radius 1 is 1.19 bits per heavy atom. The maximum atomic E-state index is 4.00. The van der Waals surface area contributed by atoms with Gasteiger partial charge in [-0.25, -0.2) is 0 Å². The lowest BCUT2D eigenvalue weighted by molar-refractivity contribution is 1.54. The van der Waals surface area contributed by atoms with Gasteiger partial charge in [0.1, 0.15) is 0 Å². The number of hydrogen-bond donors (Lipinski definition) is 0. The van der Waals surface area contributed by atoms with Crippen LogP contribution >= 0.6 is 11.8 Å². The van der Waals surface area contributed by atoms with Crippen LogP contribution in [0.3, 0.4) is 0 Å². The average molecular weight is 234 g/mol. The summed E-state index contributed by atoms with van der Waals surface area (Å²) >= 11 is 1.73. The third kappa shape index (κ3) is 22.9. The van der Waals surface area contributed by atoms with Gasteiger partial charge in [-0.3, -0.25) is 0 Å². The molecule has 0 saturated heterocycles. The van der Waals surface area contributed by atoms with Gasteiger partial charge in [-0.1, -0.05) is 43.0 Å². The van der Waals surface area contributed by atoms with Gasteiger partial charge in [0.15, 0.2) is 0 Å². The number of hydrogen-bond acceptors (Lipinski definition) is 1. The van der Waals surface area contributed by atoms with E-state index in [0.717, 1.165) is 16.2 Å². The van der Waals surface area contributed by atoms with Crippen molar-refractivity contribution in [1.82, 2.24) is 0 Å². The summed E-state index contributed by atoms with van der Waals surface area (Å²) in [5.74, 6) is 0.968. The first-order valence-electron chi connectivity index (χ1n) is 4.76. The Balaban J connectivity index is -0.000000376. The first kappa shape index (κ1) is 20.1. The maximum Gasteiger partial charge on any atom is 0.0163 e. The fourth-order valence-electron chi connectivity index (χ4n) is 0.638. The van der Waals surface area contributed by atoms with Gasteiger partial charge in [-0.2, -0.15) is 0 Å². The number of terminal acetylenes is 1. The van der Waals surface area contributed by atoms with Crippen LogP contribution in [0.1, 0.15) is 13.8 Å². The molecule has 0 saturated carbocycles. The molecular formula is C15H22S. The molecule has 0 atom stereocenters. The van der Waals surface area contributed by atoms with Crippen LogP contribution in [0.25, 0.3) is 0 Å². The first-order valence-corrected chi connectivity index (χ1v) is 5.75. The minimum atomic E-state index is 0.968. The standard InChI is InChI=1S/C11H16S.C2H4.C2H2/c1-5-7-11(4)12-9-6-8-10(2)3;2*1-2/h5-8H,2,4,9H2,1,3H3;1-2H2;1-2H/b7-5-,8-6-;;. The van der Waals surface area contributed by atoms with Crippen molar-refractivity contribution in [3.8, 4) is 12.8 Å². The van der Waals surface area contributed by atoms with Crippen LogP contribution in [0.2, 0.25) is 0 Å². The van der Waals surface area contributed by atoms with Crippen molar-refractivity contribution in [2.45, 2.75) is 13.8 Å². The molecule has 0 aliphatic heterocycles. The zero-order valence-electron chi connectivity index (χ0n) is 10.4. The molecule has 16 heavy (non-hydrogen) atoms. The summed E-state index contributed by atoms with van der Waals surface area (Å²) in [5.41, 5.74) is 1.09. The van der Waals surface area contributed by atoms with Crippen LogP contribution in [0.4, 0.5) is 0 Å². The zero-order valence-corrected chi connectivity index (χ0v) is 11.2. The van der Waals surface area contributed by atoms with Crippen molar-refractivity contribution in [2.24, 2.45) is 0 Å². The number of allylic oxidation sites excluding steroid dienone is 4. The molecule has 0 unspecified atom stereocenters. The molecule has 0 nitrogen and oxygen atoms in total. The van der Waals surface area contributed by atoms with E-state index in [1.165, 1.54) is 0 Å². The fraction of sp³-hybridized carbons (Fsp3) is 0.200. The maximum absolute atomic E-state index is 4.00. The molecule has 88 valence electrons. The van der Waals surface area contributed by atoms with Crippen molar-refractivity contribution < 1.29 is 0 Å². The van der Waals surface area contributed by atoms with Gasteiger partial charge in [0.2, 0.25) is 0 Å². The van der Waals surface area contributed by atoms with Gasteiger partial charge in [-0.15, -0.1) is 37.8 Å². The highest BCUT2D eigenvalue weighted by Gasteiger charge is 1.85. The molecule has 0 aromatic carbocycles. The Labute approximate surface area is 106 Å². The predicted octanol–water partition coefficient (Wildman–Crippen LogP) is 4.99. The highest BCUT2D eigenvalue weighted by Crippen LogP contribution is 2.14. The summed E-state index contributed by atoms with van der Waals surface area (Å²) in [6.07, 6.45) is 16.1. The van der Waals surface area contributed by atoms with Gasteiger partial charge in [0.05, 0.1) is 0 Å². The monoisotopic (exact) mass is 234 g/mol. The second-order valence-corrected chi connectivity index (χ2v) is 3.67. The normalized spacial score (nSPS) is 8.75. The summed E-state index contributed by atoms with van der Waals surface area (Å²) < 4.78 is 0. The predicted molar refractivity (Wildman–Crippen MR) is 81.5 cm³/mol. The van der Waals surface area contributed by atoms with E-state index in [0.29, 0.717) is 0 Å². The van der Waals surface area contributed by atoms with Gasteiger partial charge in [0.25, 0.3) is 0 Å². The summed E-state index contributed by atoms with van der Waals surface area (Å²) in [4.78, 5) is 1.10. The largest absolute Gasteiger partial charge is 0.124 e.